The van der Waals surface area contributed by atoms with Crippen molar-refractivity contribution in [3.8, 4) is 11.5 Å². The van der Waals surface area contributed by atoms with E-state index in [1.165, 1.54) is 4.88 Å². The molecule has 1 N–H and O–H groups in total. The predicted octanol–water partition coefficient (Wildman–Crippen LogP) is 2.86. The fraction of sp³-hybridized carbons (Fsp3) is 0.312. The number of benzene rings is 1. The SMILES string of the molecule is CCOc1cc(CNc2nnnn2C)ccc1OCc1cccs1. The number of hydrogen-bond acceptors (Lipinski definition) is 7. The summed E-state index contributed by atoms with van der Waals surface area (Å²) in [5, 5.41) is 16.5. The Morgan fingerprint density at radius 2 is 2.12 bits per heavy atom. The molecule has 24 heavy (non-hydrogen) atoms. The van der Waals surface area contributed by atoms with Crippen LogP contribution in [-0.4, -0.2) is 26.8 Å². The summed E-state index contributed by atoms with van der Waals surface area (Å²) in [5.41, 5.74) is 1.06. The zero-order chi connectivity index (χ0) is 16.8. The van der Waals surface area contributed by atoms with Crippen LogP contribution in [0.5, 0.6) is 11.5 Å². The van der Waals surface area contributed by atoms with Crippen LogP contribution in [-0.2, 0) is 20.2 Å². The fourth-order valence-electron chi connectivity index (χ4n) is 2.15. The number of hydrogen-bond donors (Lipinski definition) is 1. The van der Waals surface area contributed by atoms with Gasteiger partial charge in [0.05, 0.1) is 6.61 Å². The van der Waals surface area contributed by atoms with Crippen molar-refractivity contribution in [2.24, 2.45) is 7.05 Å². The molecule has 126 valence electrons. The minimum Gasteiger partial charge on any atom is -0.490 e. The standard InChI is InChI=1S/C16H19N5O2S/c1-3-22-15-9-12(10-17-16-18-19-20-21(16)2)6-7-14(15)23-11-13-5-4-8-24-13/h4-9H,3,10-11H2,1-2H3,(H,17,18,20). The molecule has 2 aromatic heterocycles. The lowest BCUT2D eigenvalue weighted by molar-refractivity contribution is 0.271. The lowest BCUT2D eigenvalue weighted by atomic mass is 10.2. The molecule has 0 radical (unpaired) electrons. The van der Waals surface area contributed by atoms with Gasteiger partial charge in [-0.25, -0.2) is 4.68 Å². The second-order valence-corrected chi connectivity index (χ2v) is 6.09. The molecule has 2 heterocycles. The van der Waals surface area contributed by atoms with E-state index in [9.17, 15) is 0 Å². The van der Waals surface area contributed by atoms with E-state index in [1.807, 2.05) is 36.6 Å². The van der Waals surface area contributed by atoms with Crippen LogP contribution in [0.25, 0.3) is 0 Å². The van der Waals surface area contributed by atoms with E-state index < -0.39 is 0 Å². The first-order chi connectivity index (χ1) is 11.8. The predicted molar refractivity (Wildman–Crippen MR) is 92.4 cm³/mol. The normalized spacial score (nSPS) is 10.6. The molecule has 7 nitrogen and oxygen atoms in total. The lowest BCUT2D eigenvalue weighted by Gasteiger charge is -2.13. The Morgan fingerprint density at radius 3 is 2.83 bits per heavy atom. The van der Waals surface area contributed by atoms with Gasteiger partial charge < -0.3 is 14.8 Å². The van der Waals surface area contributed by atoms with Crippen molar-refractivity contribution >= 4 is 17.3 Å². The van der Waals surface area contributed by atoms with Gasteiger partial charge >= 0.3 is 0 Å². The number of aromatic nitrogens is 4. The average molecular weight is 345 g/mol. The highest BCUT2D eigenvalue weighted by molar-refractivity contribution is 7.09. The van der Waals surface area contributed by atoms with E-state index in [0.29, 0.717) is 25.7 Å². The molecule has 0 unspecified atom stereocenters. The molecule has 0 spiro atoms. The highest BCUT2D eigenvalue weighted by Gasteiger charge is 2.08. The monoisotopic (exact) mass is 345 g/mol. The molecule has 0 aliphatic carbocycles. The van der Waals surface area contributed by atoms with Crippen LogP contribution in [0.1, 0.15) is 17.4 Å². The smallest absolute Gasteiger partial charge is 0.242 e. The molecular formula is C16H19N5O2S. The van der Waals surface area contributed by atoms with Crippen LogP contribution < -0.4 is 14.8 Å². The quantitative estimate of drug-likeness (QED) is 0.677. The second-order valence-electron chi connectivity index (χ2n) is 5.06. The van der Waals surface area contributed by atoms with Gasteiger partial charge in [0.15, 0.2) is 11.5 Å². The number of rotatable bonds is 8. The van der Waals surface area contributed by atoms with Crippen molar-refractivity contribution in [2.75, 3.05) is 11.9 Å². The maximum Gasteiger partial charge on any atom is 0.242 e. The first-order valence-corrected chi connectivity index (χ1v) is 8.51. The van der Waals surface area contributed by atoms with E-state index in [2.05, 4.69) is 26.9 Å². The van der Waals surface area contributed by atoms with Crippen LogP contribution in [0.3, 0.4) is 0 Å². The van der Waals surface area contributed by atoms with E-state index in [-0.39, 0.29) is 0 Å². The molecule has 3 aromatic rings. The number of tetrazole rings is 1. The van der Waals surface area contributed by atoms with E-state index in [1.54, 1.807) is 23.1 Å². The number of aryl methyl sites for hydroxylation is 1. The minimum atomic E-state index is 0.542. The summed E-state index contributed by atoms with van der Waals surface area (Å²) >= 11 is 1.68. The molecule has 0 saturated carbocycles. The van der Waals surface area contributed by atoms with Crippen LogP contribution in [0.2, 0.25) is 0 Å². The van der Waals surface area contributed by atoms with Crippen LogP contribution >= 0.6 is 11.3 Å². The molecule has 0 saturated heterocycles. The van der Waals surface area contributed by atoms with Crippen LogP contribution in [0.15, 0.2) is 35.7 Å². The molecule has 0 amide bonds. The van der Waals surface area contributed by atoms with Gasteiger partial charge in [0.25, 0.3) is 0 Å². The summed E-state index contributed by atoms with van der Waals surface area (Å²) in [6.45, 7) is 3.68. The van der Waals surface area contributed by atoms with Crippen molar-refractivity contribution in [1.29, 1.82) is 0 Å². The Bertz CT molecular complexity index is 773. The Kier molecular flexibility index (Phi) is 5.27. The van der Waals surface area contributed by atoms with Gasteiger partial charge in [-0.3, -0.25) is 0 Å². The molecule has 0 atom stereocenters. The molecule has 0 fully saturated rings. The summed E-state index contributed by atoms with van der Waals surface area (Å²) in [4.78, 5) is 1.18. The van der Waals surface area contributed by atoms with Crippen molar-refractivity contribution in [2.45, 2.75) is 20.1 Å². The molecule has 3 rings (SSSR count). The molecule has 1 aromatic carbocycles. The number of thiophene rings is 1. The number of nitrogens with one attached hydrogen (secondary N) is 1. The van der Waals surface area contributed by atoms with Gasteiger partial charge in [-0.2, -0.15) is 0 Å². The topological polar surface area (TPSA) is 74.1 Å². The zero-order valence-electron chi connectivity index (χ0n) is 13.6. The second kappa shape index (κ2) is 7.78. The zero-order valence-corrected chi connectivity index (χ0v) is 14.4. The van der Waals surface area contributed by atoms with Crippen molar-refractivity contribution in [3.63, 3.8) is 0 Å². The summed E-state index contributed by atoms with van der Waals surface area (Å²) in [6.07, 6.45) is 0. The fourth-order valence-corrected chi connectivity index (χ4v) is 2.77. The summed E-state index contributed by atoms with van der Waals surface area (Å²) in [7, 11) is 1.79. The van der Waals surface area contributed by atoms with Gasteiger partial charge in [0.1, 0.15) is 6.61 Å². The van der Waals surface area contributed by atoms with Crippen LogP contribution in [0, 0.1) is 0 Å². The summed E-state index contributed by atoms with van der Waals surface area (Å²) in [6, 6.07) is 9.98. The summed E-state index contributed by atoms with van der Waals surface area (Å²) < 4.78 is 13.2. The highest BCUT2D eigenvalue weighted by Crippen LogP contribution is 2.30. The van der Waals surface area contributed by atoms with E-state index >= 15 is 0 Å². The van der Waals surface area contributed by atoms with Crippen molar-refractivity contribution < 1.29 is 9.47 Å². The third kappa shape index (κ3) is 4.02. The van der Waals surface area contributed by atoms with E-state index in [0.717, 1.165) is 17.1 Å². The van der Waals surface area contributed by atoms with Gasteiger partial charge in [0.2, 0.25) is 5.95 Å². The first kappa shape index (κ1) is 16.3. The molecular weight excluding hydrogens is 326 g/mol. The molecule has 0 aliphatic rings. The molecule has 0 bridgehead atoms. The van der Waals surface area contributed by atoms with E-state index in [4.69, 9.17) is 9.47 Å². The number of nitrogens with zero attached hydrogens (tertiary/aromatic N) is 4. The van der Waals surface area contributed by atoms with Gasteiger partial charge in [-0.1, -0.05) is 17.2 Å². The first-order valence-electron chi connectivity index (χ1n) is 7.63. The van der Waals surface area contributed by atoms with Crippen LogP contribution in [0.4, 0.5) is 5.95 Å². The Hall–Kier alpha value is -2.61. The lowest BCUT2D eigenvalue weighted by Crippen LogP contribution is -2.06. The highest BCUT2D eigenvalue weighted by atomic mass is 32.1. The maximum absolute atomic E-state index is 5.89. The average Bonchev–Trinajstić information content (AvgIpc) is 3.24. The summed E-state index contributed by atoms with van der Waals surface area (Å²) in [5.74, 6) is 2.10. The minimum absolute atomic E-state index is 0.542. The number of anilines is 1. The Labute approximate surface area is 144 Å². The number of ether oxygens (including phenoxy) is 2. The third-order valence-corrected chi connectivity index (χ3v) is 4.18. The van der Waals surface area contributed by atoms with Gasteiger partial charge in [0, 0.05) is 18.5 Å². The van der Waals surface area contributed by atoms with Gasteiger partial charge in [-0.05, 0) is 46.5 Å². The van der Waals surface area contributed by atoms with Crippen molar-refractivity contribution in [3.05, 3.63) is 46.2 Å². The molecule has 0 aliphatic heterocycles. The third-order valence-electron chi connectivity index (χ3n) is 3.33. The van der Waals surface area contributed by atoms with Crippen molar-refractivity contribution in [1.82, 2.24) is 20.2 Å². The maximum atomic E-state index is 5.89. The molecule has 8 heteroatoms. The Balaban J connectivity index is 1.67. The van der Waals surface area contributed by atoms with Gasteiger partial charge in [-0.15, -0.1) is 11.3 Å². The largest absolute Gasteiger partial charge is 0.490 e. The Morgan fingerprint density at radius 1 is 1.21 bits per heavy atom.